The number of carbonyl (C=O) groups excluding carboxylic acids is 1. The van der Waals surface area contributed by atoms with E-state index in [1.165, 1.54) is 0 Å². The molecule has 0 radical (unpaired) electrons. The number of hydrogen-bond acceptors (Lipinski definition) is 4. The second-order valence-electron chi connectivity index (χ2n) is 4.73. The Morgan fingerprint density at radius 1 is 1.32 bits per heavy atom. The van der Waals surface area contributed by atoms with Gasteiger partial charge < -0.3 is 10.1 Å². The van der Waals surface area contributed by atoms with E-state index in [0.29, 0.717) is 18.8 Å². The molecule has 2 rings (SSSR count). The van der Waals surface area contributed by atoms with Gasteiger partial charge in [0, 0.05) is 18.8 Å². The normalized spacial score (nSPS) is 11.3. The van der Waals surface area contributed by atoms with Crippen LogP contribution in [-0.4, -0.2) is 10.9 Å². The van der Waals surface area contributed by atoms with Gasteiger partial charge in [-0.05, 0) is 24.1 Å². The summed E-state index contributed by atoms with van der Waals surface area (Å²) >= 11 is 0. The standard InChI is InChI=1S/C17H17N3O2/c1-2-14(10-18)17(21)20-12-13-8-9-16(19-11-13)22-15-6-4-3-5-7-15/h3-9,11,14H,2,12H2,1H3,(H,20,21). The van der Waals surface area contributed by atoms with Crippen molar-refractivity contribution < 1.29 is 9.53 Å². The van der Waals surface area contributed by atoms with Crippen LogP contribution in [0.25, 0.3) is 0 Å². The van der Waals surface area contributed by atoms with Crippen LogP contribution in [0.4, 0.5) is 0 Å². The third-order valence-corrected chi connectivity index (χ3v) is 3.11. The lowest BCUT2D eigenvalue weighted by Crippen LogP contribution is -2.29. The highest BCUT2D eigenvalue weighted by atomic mass is 16.5. The van der Waals surface area contributed by atoms with Crippen molar-refractivity contribution in [1.82, 2.24) is 10.3 Å². The molecular formula is C17H17N3O2. The molecule has 2 aromatic rings. The molecule has 0 saturated heterocycles. The van der Waals surface area contributed by atoms with Crippen molar-refractivity contribution >= 4 is 5.91 Å². The van der Waals surface area contributed by atoms with E-state index in [1.54, 1.807) is 12.3 Å². The van der Waals surface area contributed by atoms with Crippen molar-refractivity contribution in [1.29, 1.82) is 5.26 Å². The van der Waals surface area contributed by atoms with E-state index in [1.807, 2.05) is 49.4 Å². The van der Waals surface area contributed by atoms with Crippen LogP contribution in [0.1, 0.15) is 18.9 Å². The summed E-state index contributed by atoms with van der Waals surface area (Å²) in [6.07, 6.45) is 2.15. The summed E-state index contributed by atoms with van der Waals surface area (Å²) in [5, 5.41) is 11.6. The van der Waals surface area contributed by atoms with Gasteiger partial charge in [-0.2, -0.15) is 5.26 Å². The molecule has 1 unspecified atom stereocenters. The molecule has 0 aliphatic carbocycles. The Bertz CT molecular complexity index is 648. The number of aromatic nitrogens is 1. The topological polar surface area (TPSA) is 75.0 Å². The SMILES string of the molecule is CCC(C#N)C(=O)NCc1ccc(Oc2ccccc2)nc1. The number of amides is 1. The van der Waals surface area contributed by atoms with Crippen LogP contribution in [0.3, 0.4) is 0 Å². The van der Waals surface area contributed by atoms with E-state index in [0.717, 1.165) is 11.3 Å². The Kier molecular flexibility index (Phi) is 5.50. The number of pyridine rings is 1. The number of rotatable bonds is 6. The third-order valence-electron chi connectivity index (χ3n) is 3.11. The zero-order valence-electron chi connectivity index (χ0n) is 12.3. The van der Waals surface area contributed by atoms with Gasteiger partial charge in [-0.25, -0.2) is 4.98 Å². The quantitative estimate of drug-likeness (QED) is 0.888. The van der Waals surface area contributed by atoms with Crippen molar-refractivity contribution in [3.8, 4) is 17.7 Å². The van der Waals surface area contributed by atoms with E-state index >= 15 is 0 Å². The number of nitrogens with one attached hydrogen (secondary N) is 1. The fourth-order valence-electron chi connectivity index (χ4n) is 1.83. The Labute approximate surface area is 129 Å². The second kappa shape index (κ2) is 7.79. The zero-order chi connectivity index (χ0) is 15.8. The van der Waals surface area contributed by atoms with E-state index < -0.39 is 5.92 Å². The van der Waals surface area contributed by atoms with E-state index in [2.05, 4.69) is 10.3 Å². The van der Waals surface area contributed by atoms with Crippen LogP contribution in [0.2, 0.25) is 0 Å². The van der Waals surface area contributed by atoms with Gasteiger partial charge in [0.15, 0.2) is 0 Å². The number of hydrogen-bond donors (Lipinski definition) is 1. The monoisotopic (exact) mass is 295 g/mol. The first-order valence-corrected chi connectivity index (χ1v) is 7.08. The zero-order valence-corrected chi connectivity index (χ0v) is 12.3. The van der Waals surface area contributed by atoms with Crippen molar-refractivity contribution in [3.63, 3.8) is 0 Å². The van der Waals surface area contributed by atoms with Crippen LogP contribution in [0.15, 0.2) is 48.7 Å². The van der Waals surface area contributed by atoms with Gasteiger partial charge in [0.05, 0.1) is 6.07 Å². The van der Waals surface area contributed by atoms with Gasteiger partial charge in [0.1, 0.15) is 11.7 Å². The minimum absolute atomic E-state index is 0.255. The smallest absolute Gasteiger partial charge is 0.237 e. The molecule has 0 aliphatic rings. The Hall–Kier alpha value is -2.87. The molecule has 1 heterocycles. The van der Waals surface area contributed by atoms with E-state index in [-0.39, 0.29) is 5.91 Å². The molecule has 0 spiro atoms. The number of ether oxygens (including phenoxy) is 1. The minimum Gasteiger partial charge on any atom is -0.439 e. The maximum atomic E-state index is 11.7. The van der Waals surface area contributed by atoms with E-state index in [9.17, 15) is 4.79 Å². The summed E-state index contributed by atoms with van der Waals surface area (Å²) in [5.74, 6) is 0.351. The molecule has 22 heavy (non-hydrogen) atoms. The number of benzene rings is 1. The lowest BCUT2D eigenvalue weighted by atomic mass is 10.1. The number of carbonyl (C=O) groups is 1. The molecular weight excluding hydrogens is 278 g/mol. The Balaban J connectivity index is 1.90. The molecule has 1 atom stereocenters. The number of nitrogens with zero attached hydrogens (tertiary/aromatic N) is 2. The van der Waals surface area contributed by atoms with Gasteiger partial charge in [-0.3, -0.25) is 4.79 Å². The fourth-order valence-corrected chi connectivity index (χ4v) is 1.83. The van der Waals surface area contributed by atoms with Crippen molar-refractivity contribution in [3.05, 3.63) is 54.2 Å². The highest BCUT2D eigenvalue weighted by Gasteiger charge is 2.14. The average molecular weight is 295 g/mol. The van der Waals surface area contributed by atoms with Crippen LogP contribution in [0, 0.1) is 17.2 Å². The van der Waals surface area contributed by atoms with Crippen molar-refractivity contribution in [2.75, 3.05) is 0 Å². The lowest BCUT2D eigenvalue weighted by Gasteiger charge is -2.09. The van der Waals surface area contributed by atoms with Gasteiger partial charge in [-0.15, -0.1) is 0 Å². The van der Waals surface area contributed by atoms with Gasteiger partial charge in [-0.1, -0.05) is 31.2 Å². The summed E-state index contributed by atoms with van der Waals surface area (Å²) in [6.45, 7) is 2.15. The molecule has 0 fully saturated rings. The van der Waals surface area contributed by atoms with Gasteiger partial charge in [0.25, 0.3) is 0 Å². The third kappa shape index (κ3) is 4.32. The summed E-state index contributed by atoms with van der Waals surface area (Å²) in [6, 6.07) is 14.9. The van der Waals surface area contributed by atoms with Crippen molar-refractivity contribution in [2.24, 2.45) is 5.92 Å². The van der Waals surface area contributed by atoms with Crippen LogP contribution in [0.5, 0.6) is 11.6 Å². The fraction of sp³-hybridized carbons (Fsp3) is 0.235. The first-order chi connectivity index (χ1) is 10.7. The largest absolute Gasteiger partial charge is 0.439 e. The lowest BCUT2D eigenvalue weighted by molar-refractivity contribution is -0.123. The predicted molar refractivity (Wildman–Crippen MR) is 82.0 cm³/mol. The van der Waals surface area contributed by atoms with E-state index in [4.69, 9.17) is 10.00 Å². The summed E-state index contributed by atoms with van der Waals surface area (Å²) in [5.41, 5.74) is 0.849. The molecule has 5 nitrogen and oxygen atoms in total. The van der Waals surface area contributed by atoms with Crippen LogP contribution >= 0.6 is 0 Å². The first kappa shape index (κ1) is 15.5. The molecule has 1 aromatic carbocycles. The average Bonchev–Trinajstić information content (AvgIpc) is 2.56. The molecule has 1 aromatic heterocycles. The highest BCUT2D eigenvalue weighted by Crippen LogP contribution is 2.18. The van der Waals surface area contributed by atoms with Crippen molar-refractivity contribution in [2.45, 2.75) is 19.9 Å². The Morgan fingerprint density at radius 3 is 2.68 bits per heavy atom. The second-order valence-corrected chi connectivity index (χ2v) is 4.73. The molecule has 0 saturated carbocycles. The molecule has 1 amide bonds. The maximum absolute atomic E-state index is 11.7. The molecule has 0 bridgehead atoms. The molecule has 1 N–H and O–H groups in total. The summed E-state index contributed by atoms with van der Waals surface area (Å²) in [7, 11) is 0. The Morgan fingerprint density at radius 2 is 2.09 bits per heavy atom. The predicted octanol–water partition coefficient (Wildman–Crippen LogP) is 3.04. The minimum atomic E-state index is -0.603. The number of nitriles is 1. The van der Waals surface area contributed by atoms with Crippen LogP contribution in [-0.2, 0) is 11.3 Å². The molecule has 5 heteroatoms. The summed E-state index contributed by atoms with van der Waals surface area (Å²) < 4.78 is 5.59. The van der Waals surface area contributed by atoms with Gasteiger partial charge in [0.2, 0.25) is 11.8 Å². The number of para-hydroxylation sites is 1. The summed E-state index contributed by atoms with van der Waals surface area (Å²) in [4.78, 5) is 15.9. The highest BCUT2D eigenvalue weighted by molar-refractivity contribution is 5.80. The molecule has 112 valence electrons. The van der Waals surface area contributed by atoms with Gasteiger partial charge >= 0.3 is 0 Å². The molecule has 0 aliphatic heterocycles. The first-order valence-electron chi connectivity index (χ1n) is 7.08. The van der Waals surface area contributed by atoms with Crippen LogP contribution < -0.4 is 10.1 Å². The maximum Gasteiger partial charge on any atom is 0.237 e.